The molecular weight excluding hydrogens is 304 g/mol. The first-order valence-electron chi connectivity index (χ1n) is 8.03. The highest BCUT2D eigenvalue weighted by atomic mass is 16.2. The molecule has 0 saturated carbocycles. The van der Waals surface area contributed by atoms with E-state index in [9.17, 15) is 4.79 Å². The molecule has 1 amide bonds. The van der Waals surface area contributed by atoms with Gasteiger partial charge < -0.3 is 4.90 Å². The van der Waals surface area contributed by atoms with E-state index in [1.165, 1.54) is 0 Å². The first-order valence-corrected chi connectivity index (χ1v) is 8.03. The maximum Gasteiger partial charge on any atom is 0.274 e. The number of hydrogen-bond donors (Lipinski definition) is 0. The van der Waals surface area contributed by atoms with E-state index in [1.54, 1.807) is 4.68 Å². The summed E-state index contributed by atoms with van der Waals surface area (Å²) in [7, 11) is 1.84. The van der Waals surface area contributed by atoms with Gasteiger partial charge in [0, 0.05) is 18.7 Å². The van der Waals surface area contributed by atoms with Crippen molar-refractivity contribution >= 4 is 22.8 Å². The lowest BCUT2D eigenvalue weighted by atomic mass is 10.1. The maximum atomic E-state index is 12.7. The first kappa shape index (κ1) is 14.6. The monoisotopic (exact) mass is 323 g/mol. The number of aryl methyl sites for hydroxylation is 1. The quantitative estimate of drug-likeness (QED) is 0.698. The average Bonchev–Trinajstić information content (AvgIpc) is 3.02. The Morgan fingerprint density at radius 3 is 2.71 bits per heavy atom. The fourth-order valence-electron chi connectivity index (χ4n) is 3.09. The number of aromatic amines is 1. The van der Waals surface area contributed by atoms with Crippen LogP contribution in [-0.2, 0) is 7.05 Å². The van der Waals surface area contributed by atoms with Crippen molar-refractivity contribution < 1.29 is 9.78 Å². The Kier molecular flexibility index (Phi) is 3.60. The van der Waals surface area contributed by atoms with Gasteiger partial charge in [0.2, 0.25) is 0 Å². The summed E-state index contributed by atoms with van der Waals surface area (Å²) in [6, 6.07) is 11.6. The summed E-state index contributed by atoms with van der Waals surface area (Å²) in [6.45, 7) is 3.05. The molecule has 0 atom stereocenters. The molecule has 1 N–H and O–H groups in total. The van der Waals surface area contributed by atoms with Crippen LogP contribution >= 0.6 is 0 Å². The van der Waals surface area contributed by atoms with Crippen molar-refractivity contribution in [3.8, 4) is 0 Å². The van der Waals surface area contributed by atoms with E-state index in [1.807, 2.05) is 48.5 Å². The second kappa shape index (κ2) is 5.92. The van der Waals surface area contributed by atoms with Gasteiger partial charge in [0.15, 0.2) is 0 Å². The van der Waals surface area contributed by atoms with E-state index in [-0.39, 0.29) is 5.91 Å². The first-order chi connectivity index (χ1) is 11.7. The minimum Gasteiger partial charge on any atom is -0.331 e. The topological polar surface area (TPSA) is 68.4 Å². The van der Waals surface area contributed by atoms with E-state index in [0.29, 0.717) is 18.7 Å². The molecule has 0 unspecified atom stereocenters. The molecule has 3 aromatic rings. The SMILES string of the molecule is Cn1nnc2cc(C(=O)N3CCN(c4cccc[nH+]4)CC3)ccc21. The molecule has 4 rings (SSSR count). The number of carbonyl (C=O) groups is 1. The normalized spacial score (nSPS) is 15.0. The molecule has 24 heavy (non-hydrogen) atoms. The Hall–Kier alpha value is -2.96. The molecular formula is C17H19N6O+. The molecule has 1 aliphatic rings. The number of carbonyl (C=O) groups excluding carboxylic acids is 1. The zero-order chi connectivity index (χ0) is 16.5. The van der Waals surface area contributed by atoms with Crippen LogP contribution in [0.4, 0.5) is 5.82 Å². The molecule has 1 saturated heterocycles. The van der Waals surface area contributed by atoms with Gasteiger partial charge in [0.1, 0.15) is 18.6 Å². The Bertz CT molecular complexity index is 867. The number of nitrogens with one attached hydrogen (secondary N) is 1. The molecule has 2 aromatic heterocycles. The highest BCUT2D eigenvalue weighted by Gasteiger charge is 2.26. The molecule has 3 heterocycles. The molecule has 1 aromatic carbocycles. The zero-order valence-electron chi connectivity index (χ0n) is 13.5. The van der Waals surface area contributed by atoms with Crippen molar-refractivity contribution in [3.63, 3.8) is 0 Å². The van der Waals surface area contributed by atoms with E-state index in [4.69, 9.17) is 0 Å². The van der Waals surface area contributed by atoms with Gasteiger partial charge in [-0.05, 0) is 24.3 Å². The van der Waals surface area contributed by atoms with Crippen LogP contribution in [0.5, 0.6) is 0 Å². The van der Waals surface area contributed by atoms with Gasteiger partial charge in [-0.3, -0.25) is 9.69 Å². The molecule has 7 nitrogen and oxygen atoms in total. The van der Waals surface area contributed by atoms with Crippen molar-refractivity contribution in [2.75, 3.05) is 31.1 Å². The molecule has 122 valence electrons. The van der Waals surface area contributed by atoms with E-state index in [0.717, 1.165) is 29.9 Å². The average molecular weight is 323 g/mol. The Morgan fingerprint density at radius 2 is 1.96 bits per heavy atom. The fourth-order valence-corrected chi connectivity index (χ4v) is 3.09. The number of anilines is 1. The van der Waals surface area contributed by atoms with Gasteiger partial charge in [0.05, 0.1) is 24.8 Å². The predicted octanol–water partition coefficient (Wildman–Crippen LogP) is 0.745. The van der Waals surface area contributed by atoms with Crippen LogP contribution in [0.25, 0.3) is 11.0 Å². The van der Waals surface area contributed by atoms with Crippen molar-refractivity contribution in [3.05, 3.63) is 48.2 Å². The number of H-pyrrole nitrogens is 1. The lowest BCUT2D eigenvalue weighted by Crippen LogP contribution is -2.50. The van der Waals surface area contributed by atoms with Crippen molar-refractivity contribution in [2.24, 2.45) is 7.05 Å². The molecule has 1 aliphatic heterocycles. The number of piperazine rings is 1. The van der Waals surface area contributed by atoms with Crippen LogP contribution in [0, 0.1) is 0 Å². The van der Waals surface area contributed by atoms with Crippen molar-refractivity contribution in [1.82, 2.24) is 19.9 Å². The predicted molar refractivity (Wildman–Crippen MR) is 89.6 cm³/mol. The summed E-state index contributed by atoms with van der Waals surface area (Å²) in [6.07, 6.45) is 1.92. The fraction of sp³-hybridized carbons (Fsp3) is 0.294. The highest BCUT2D eigenvalue weighted by Crippen LogP contribution is 2.16. The summed E-state index contributed by atoms with van der Waals surface area (Å²) in [5, 5.41) is 8.07. The minimum absolute atomic E-state index is 0.0549. The van der Waals surface area contributed by atoms with Crippen LogP contribution in [0.2, 0.25) is 0 Å². The standard InChI is InChI=1S/C17H18N6O/c1-21-15-6-5-13(12-14(15)19-20-21)17(24)23-10-8-22(9-11-23)16-4-2-3-7-18-16/h2-7,12H,8-11H2,1H3/p+1. The van der Waals surface area contributed by atoms with E-state index >= 15 is 0 Å². The van der Waals surface area contributed by atoms with Crippen LogP contribution in [0.3, 0.4) is 0 Å². The number of nitrogens with zero attached hydrogens (tertiary/aromatic N) is 5. The van der Waals surface area contributed by atoms with Crippen LogP contribution in [-0.4, -0.2) is 52.0 Å². The van der Waals surface area contributed by atoms with Gasteiger partial charge in [-0.2, -0.15) is 0 Å². The summed E-state index contributed by atoms with van der Waals surface area (Å²) in [5.41, 5.74) is 2.35. The van der Waals surface area contributed by atoms with Gasteiger partial charge in [0.25, 0.3) is 11.7 Å². The number of hydrogen-bond acceptors (Lipinski definition) is 4. The van der Waals surface area contributed by atoms with E-state index < -0.39 is 0 Å². The number of aromatic nitrogens is 4. The number of amides is 1. The Labute approximate surface area is 139 Å². The van der Waals surface area contributed by atoms with Gasteiger partial charge in [-0.15, -0.1) is 5.10 Å². The molecule has 7 heteroatoms. The number of benzene rings is 1. The number of fused-ring (bicyclic) bond motifs is 1. The molecule has 1 fully saturated rings. The number of pyridine rings is 1. The van der Waals surface area contributed by atoms with Crippen LogP contribution in [0.15, 0.2) is 42.6 Å². The Morgan fingerprint density at radius 1 is 1.12 bits per heavy atom. The number of rotatable bonds is 2. The smallest absolute Gasteiger partial charge is 0.274 e. The van der Waals surface area contributed by atoms with Gasteiger partial charge in [-0.25, -0.2) is 9.67 Å². The molecule has 0 spiro atoms. The largest absolute Gasteiger partial charge is 0.331 e. The zero-order valence-corrected chi connectivity index (χ0v) is 13.5. The third-order valence-electron chi connectivity index (χ3n) is 4.46. The van der Waals surface area contributed by atoms with E-state index in [2.05, 4.69) is 26.3 Å². The Balaban J connectivity index is 1.47. The van der Waals surface area contributed by atoms with Crippen molar-refractivity contribution in [2.45, 2.75) is 0 Å². The third kappa shape index (κ3) is 2.58. The second-order valence-electron chi connectivity index (χ2n) is 5.94. The van der Waals surface area contributed by atoms with Gasteiger partial charge in [-0.1, -0.05) is 11.3 Å². The third-order valence-corrected chi connectivity index (χ3v) is 4.46. The lowest BCUT2D eigenvalue weighted by Gasteiger charge is -2.31. The maximum absolute atomic E-state index is 12.7. The molecule has 0 bridgehead atoms. The minimum atomic E-state index is 0.0549. The molecule has 0 aliphatic carbocycles. The molecule has 0 radical (unpaired) electrons. The van der Waals surface area contributed by atoms with Crippen LogP contribution < -0.4 is 9.88 Å². The highest BCUT2D eigenvalue weighted by molar-refractivity contribution is 5.97. The van der Waals surface area contributed by atoms with Crippen molar-refractivity contribution in [1.29, 1.82) is 0 Å². The van der Waals surface area contributed by atoms with Gasteiger partial charge >= 0.3 is 0 Å². The summed E-state index contributed by atoms with van der Waals surface area (Å²) < 4.78 is 1.71. The van der Waals surface area contributed by atoms with Crippen LogP contribution in [0.1, 0.15) is 10.4 Å². The lowest BCUT2D eigenvalue weighted by molar-refractivity contribution is -0.364. The second-order valence-corrected chi connectivity index (χ2v) is 5.94. The summed E-state index contributed by atoms with van der Waals surface area (Å²) in [5.74, 6) is 1.14. The summed E-state index contributed by atoms with van der Waals surface area (Å²) >= 11 is 0. The summed E-state index contributed by atoms with van der Waals surface area (Å²) in [4.78, 5) is 20.1.